The molecule has 0 spiro atoms. The molecule has 3 N–H and O–H groups in total. The number of nitrogens with one attached hydrogen (secondary N) is 1. The molecule has 4 nitrogen and oxygen atoms in total. The van der Waals surface area contributed by atoms with Gasteiger partial charge in [0.1, 0.15) is 12.1 Å². The lowest BCUT2D eigenvalue weighted by molar-refractivity contribution is 0.454. The number of nitrogen functional groups attached to an aromatic ring is 1. The summed E-state index contributed by atoms with van der Waals surface area (Å²) in [4.78, 5) is 4.85. The van der Waals surface area contributed by atoms with Crippen molar-refractivity contribution in [2.75, 3.05) is 0 Å². The summed E-state index contributed by atoms with van der Waals surface area (Å²) in [6.45, 7) is 0. The highest BCUT2D eigenvalue weighted by Crippen LogP contribution is 2.31. The van der Waals surface area contributed by atoms with E-state index in [9.17, 15) is 0 Å². The third-order valence-electron chi connectivity index (χ3n) is 1.84. The van der Waals surface area contributed by atoms with Crippen LogP contribution in [0, 0.1) is 5.41 Å². The zero-order valence-corrected chi connectivity index (χ0v) is 10.5. The van der Waals surface area contributed by atoms with Gasteiger partial charge in [-0.2, -0.15) is 0 Å². The Labute approximate surface area is 105 Å². The maximum atomic E-state index is 7.47. The van der Waals surface area contributed by atoms with E-state index in [0.717, 1.165) is 9.37 Å². The second-order valence-corrected chi connectivity index (χ2v) is 4.86. The minimum absolute atomic E-state index is 0.0292. The molecule has 0 fully saturated rings. The third kappa shape index (κ3) is 2.45. The zero-order valence-electron chi connectivity index (χ0n) is 8.11. The van der Waals surface area contributed by atoms with E-state index in [1.807, 2.05) is 12.1 Å². The fourth-order valence-corrected chi connectivity index (χ4v) is 2.55. The van der Waals surface area contributed by atoms with Crippen LogP contribution in [0.1, 0.15) is 5.56 Å². The highest BCUT2D eigenvalue weighted by molar-refractivity contribution is 9.10. The quantitative estimate of drug-likeness (QED) is 0.675. The predicted octanol–water partition coefficient (Wildman–Crippen LogP) is 2.87. The number of hydrogen-bond acceptors (Lipinski definition) is 4. The predicted molar refractivity (Wildman–Crippen MR) is 65.8 cm³/mol. The molecule has 2 rings (SSSR count). The average Bonchev–Trinajstić information content (AvgIpc) is 2.70. The molecule has 0 aliphatic carbocycles. The van der Waals surface area contributed by atoms with Crippen LogP contribution in [0.25, 0.3) is 0 Å². The molecule has 82 valence electrons. The summed E-state index contributed by atoms with van der Waals surface area (Å²) in [6.07, 6.45) is 3.08. The van der Waals surface area contributed by atoms with Crippen LogP contribution in [0.5, 0.6) is 0 Å². The molecular formula is C10H8BrN3OS. The van der Waals surface area contributed by atoms with Gasteiger partial charge in [0.25, 0.3) is 5.22 Å². The van der Waals surface area contributed by atoms with Crippen molar-refractivity contribution in [3.8, 4) is 0 Å². The molecular weight excluding hydrogens is 290 g/mol. The van der Waals surface area contributed by atoms with Crippen LogP contribution in [0.4, 0.5) is 0 Å². The van der Waals surface area contributed by atoms with Crippen LogP contribution in [-0.2, 0) is 0 Å². The Morgan fingerprint density at radius 3 is 2.94 bits per heavy atom. The van der Waals surface area contributed by atoms with Crippen molar-refractivity contribution in [3.05, 3.63) is 40.7 Å². The molecule has 0 saturated heterocycles. The Morgan fingerprint density at radius 2 is 2.31 bits per heavy atom. The first-order valence-electron chi connectivity index (χ1n) is 4.38. The van der Waals surface area contributed by atoms with Gasteiger partial charge in [0.15, 0.2) is 0 Å². The van der Waals surface area contributed by atoms with E-state index in [-0.39, 0.29) is 5.84 Å². The molecule has 0 radical (unpaired) electrons. The lowest BCUT2D eigenvalue weighted by atomic mass is 10.2. The smallest absolute Gasteiger partial charge is 0.260 e. The average molecular weight is 298 g/mol. The third-order valence-corrected chi connectivity index (χ3v) is 3.27. The van der Waals surface area contributed by atoms with Gasteiger partial charge in [-0.25, -0.2) is 4.98 Å². The molecule has 0 aliphatic rings. The summed E-state index contributed by atoms with van der Waals surface area (Å²) in [7, 11) is 0. The zero-order chi connectivity index (χ0) is 11.5. The van der Waals surface area contributed by atoms with Crippen molar-refractivity contribution in [2.24, 2.45) is 5.73 Å². The largest absolute Gasteiger partial charge is 0.440 e. The van der Waals surface area contributed by atoms with Gasteiger partial charge in [0.2, 0.25) is 0 Å². The number of rotatable bonds is 3. The lowest BCUT2D eigenvalue weighted by Crippen LogP contribution is -2.12. The lowest BCUT2D eigenvalue weighted by Gasteiger charge is -2.05. The van der Waals surface area contributed by atoms with Gasteiger partial charge in [0, 0.05) is 14.9 Å². The Hall–Kier alpha value is -1.27. The van der Waals surface area contributed by atoms with Crippen molar-refractivity contribution >= 4 is 33.5 Å². The first-order valence-corrected chi connectivity index (χ1v) is 5.99. The first-order chi connectivity index (χ1) is 7.66. The molecule has 16 heavy (non-hydrogen) atoms. The van der Waals surface area contributed by atoms with Crippen molar-refractivity contribution in [1.29, 1.82) is 5.41 Å². The Kier molecular flexibility index (Phi) is 3.31. The van der Waals surface area contributed by atoms with Crippen LogP contribution >= 0.6 is 27.7 Å². The fourth-order valence-electron chi connectivity index (χ4n) is 1.16. The summed E-state index contributed by atoms with van der Waals surface area (Å²) < 4.78 is 6.06. The van der Waals surface area contributed by atoms with Gasteiger partial charge >= 0.3 is 0 Å². The fraction of sp³-hybridized carbons (Fsp3) is 0. The Morgan fingerprint density at radius 1 is 1.50 bits per heavy atom. The summed E-state index contributed by atoms with van der Waals surface area (Å²) in [5, 5.41) is 8.00. The Bertz CT molecular complexity index is 513. The van der Waals surface area contributed by atoms with E-state index in [4.69, 9.17) is 15.6 Å². The standard InChI is InChI=1S/C10H8BrN3OS/c11-6-1-2-7(9(12)13)8(5-6)16-10-14-3-4-15-10/h1-5H,(H3,12,13). The normalized spacial score (nSPS) is 10.3. The summed E-state index contributed by atoms with van der Waals surface area (Å²) in [5.74, 6) is 0.0292. The highest BCUT2D eigenvalue weighted by Gasteiger charge is 2.10. The van der Waals surface area contributed by atoms with Gasteiger partial charge in [-0.3, -0.25) is 5.41 Å². The number of nitrogens with zero attached hydrogens (tertiary/aromatic N) is 1. The van der Waals surface area contributed by atoms with Crippen molar-refractivity contribution in [3.63, 3.8) is 0 Å². The van der Waals surface area contributed by atoms with Gasteiger partial charge in [-0.05, 0) is 30.0 Å². The van der Waals surface area contributed by atoms with Crippen LogP contribution in [0.15, 0.2) is 49.7 Å². The van der Waals surface area contributed by atoms with Gasteiger partial charge in [-0.1, -0.05) is 15.9 Å². The van der Waals surface area contributed by atoms with Crippen LogP contribution < -0.4 is 5.73 Å². The molecule has 6 heteroatoms. The summed E-state index contributed by atoms with van der Waals surface area (Å²) in [5.41, 5.74) is 6.17. The van der Waals surface area contributed by atoms with Crippen LogP contribution in [0.3, 0.4) is 0 Å². The number of benzene rings is 1. The van der Waals surface area contributed by atoms with Crippen molar-refractivity contribution < 1.29 is 4.42 Å². The van der Waals surface area contributed by atoms with Gasteiger partial charge in [0.05, 0.1) is 6.20 Å². The number of oxazole rings is 1. The van der Waals surface area contributed by atoms with Crippen molar-refractivity contribution in [2.45, 2.75) is 10.1 Å². The van der Waals surface area contributed by atoms with E-state index < -0.39 is 0 Å². The SMILES string of the molecule is N=C(N)c1ccc(Br)cc1Sc1ncco1. The topological polar surface area (TPSA) is 75.9 Å². The van der Waals surface area contributed by atoms with E-state index in [1.165, 1.54) is 18.0 Å². The minimum atomic E-state index is 0.0292. The molecule has 1 aromatic carbocycles. The summed E-state index contributed by atoms with van der Waals surface area (Å²) >= 11 is 4.71. The maximum absolute atomic E-state index is 7.47. The highest BCUT2D eigenvalue weighted by atomic mass is 79.9. The number of nitrogens with two attached hydrogens (primary N) is 1. The number of hydrogen-bond donors (Lipinski definition) is 2. The molecule has 0 unspecified atom stereocenters. The molecule has 0 bridgehead atoms. The maximum Gasteiger partial charge on any atom is 0.260 e. The van der Waals surface area contributed by atoms with E-state index >= 15 is 0 Å². The molecule has 0 amide bonds. The molecule has 0 saturated carbocycles. The van der Waals surface area contributed by atoms with Gasteiger partial charge < -0.3 is 10.2 Å². The number of amidine groups is 1. The van der Waals surface area contributed by atoms with E-state index in [2.05, 4.69) is 20.9 Å². The van der Waals surface area contributed by atoms with Crippen LogP contribution in [0.2, 0.25) is 0 Å². The molecule has 0 atom stereocenters. The number of halogens is 1. The van der Waals surface area contributed by atoms with Crippen molar-refractivity contribution in [1.82, 2.24) is 4.98 Å². The second kappa shape index (κ2) is 4.71. The molecule has 2 aromatic rings. The van der Waals surface area contributed by atoms with Gasteiger partial charge in [-0.15, -0.1) is 0 Å². The summed E-state index contributed by atoms with van der Waals surface area (Å²) in [6, 6.07) is 5.51. The first kappa shape index (κ1) is 11.2. The second-order valence-electron chi connectivity index (χ2n) is 2.95. The monoisotopic (exact) mass is 297 g/mol. The van der Waals surface area contributed by atoms with E-state index in [0.29, 0.717) is 10.8 Å². The molecule has 1 heterocycles. The minimum Gasteiger partial charge on any atom is -0.440 e. The van der Waals surface area contributed by atoms with E-state index in [1.54, 1.807) is 12.3 Å². The number of aromatic nitrogens is 1. The molecule has 1 aromatic heterocycles. The Balaban J connectivity index is 2.38. The molecule has 0 aliphatic heterocycles. The van der Waals surface area contributed by atoms with Crippen LogP contribution in [-0.4, -0.2) is 10.8 Å².